The fourth-order valence-corrected chi connectivity index (χ4v) is 3.66. The summed E-state index contributed by atoms with van der Waals surface area (Å²) in [6, 6.07) is 13.4. The number of aliphatic hydroxyl groups is 1. The predicted molar refractivity (Wildman–Crippen MR) is 106 cm³/mol. The lowest BCUT2D eigenvalue weighted by molar-refractivity contribution is -0.0235. The second-order valence-corrected chi connectivity index (χ2v) is 7.30. The summed E-state index contributed by atoms with van der Waals surface area (Å²) in [5.41, 5.74) is 1.41. The molecule has 2 aromatic carbocycles. The minimum atomic E-state index is -0.601. The van der Waals surface area contributed by atoms with Gasteiger partial charge in [0.15, 0.2) is 5.82 Å². The highest BCUT2D eigenvalue weighted by molar-refractivity contribution is 6.01. The van der Waals surface area contributed by atoms with Crippen LogP contribution in [0, 0.1) is 11.8 Å². The number of phenols is 1. The number of aromatic hydroxyl groups is 1. The lowest BCUT2D eigenvalue weighted by Crippen LogP contribution is -2.48. The Hall–Kier alpha value is -3.10. The number of nitrogens with one attached hydrogen (secondary N) is 1. The van der Waals surface area contributed by atoms with Gasteiger partial charge < -0.3 is 15.5 Å². The third-order valence-electron chi connectivity index (χ3n) is 4.92. The summed E-state index contributed by atoms with van der Waals surface area (Å²) in [5.74, 6) is 6.59. The number of benzene rings is 2. The molecule has 3 N–H and O–H groups in total. The maximum absolute atomic E-state index is 10.5. The van der Waals surface area contributed by atoms with Crippen molar-refractivity contribution in [1.82, 2.24) is 10.2 Å². The zero-order valence-electron chi connectivity index (χ0n) is 15.3. The van der Waals surface area contributed by atoms with E-state index in [1.54, 1.807) is 13.0 Å². The van der Waals surface area contributed by atoms with Gasteiger partial charge in [0.2, 0.25) is 0 Å². The van der Waals surface area contributed by atoms with Crippen LogP contribution in [0.15, 0.2) is 42.5 Å². The summed E-state index contributed by atoms with van der Waals surface area (Å²) < 4.78 is 0. The predicted octanol–water partition coefficient (Wildman–Crippen LogP) is 3.70. The Bertz CT molecular complexity index is 1070. The fourth-order valence-electron chi connectivity index (χ4n) is 3.66. The van der Waals surface area contributed by atoms with Crippen LogP contribution >= 0.6 is 0 Å². The first-order chi connectivity index (χ1) is 13.0. The summed E-state index contributed by atoms with van der Waals surface area (Å²) in [6.45, 7) is 3.60. The van der Waals surface area contributed by atoms with E-state index in [1.165, 1.54) is 0 Å². The van der Waals surface area contributed by atoms with Crippen LogP contribution < -0.4 is 5.32 Å². The molecule has 1 aliphatic carbocycles. The van der Waals surface area contributed by atoms with Crippen molar-refractivity contribution in [3.8, 4) is 28.8 Å². The van der Waals surface area contributed by atoms with E-state index in [9.17, 15) is 10.2 Å². The summed E-state index contributed by atoms with van der Waals surface area (Å²) in [4.78, 5) is 0. The molecule has 5 heteroatoms. The first-order valence-corrected chi connectivity index (χ1v) is 8.97. The van der Waals surface area contributed by atoms with Gasteiger partial charge in [-0.05, 0) is 44.9 Å². The van der Waals surface area contributed by atoms with Crippen molar-refractivity contribution in [2.45, 2.75) is 38.3 Å². The van der Waals surface area contributed by atoms with E-state index < -0.39 is 5.60 Å². The first-order valence-electron chi connectivity index (χ1n) is 8.97. The third kappa shape index (κ3) is 3.32. The van der Waals surface area contributed by atoms with Gasteiger partial charge in [-0.1, -0.05) is 30.2 Å². The van der Waals surface area contributed by atoms with Crippen LogP contribution in [-0.4, -0.2) is 32.1 Å². The average molecular weight is 359 g/mol. The molecule has 1 saturated carbocycles. The molecular weight excluding hydrogens is 338 g/mol. The molecule has 0 unspecified atom stereocenters. The van der Waals surface area contributed by atoms with Gasteiger partial charge in [-0.15, -0.1) is 16.1 Å². The Labute approximate surface area is 158 Å². The van der Waals surface area contributed by atoms with Crippen LogP contribution in [-0.2, 0) is 0 Å². The van der Waals surface area contributed by atoms with Gasteiger partial charge in [-0.25, -0.2) is 0 Å². The monoisotopic (exact) mass is 359 g/mol. The summed E-state index contributed by atoms with van der Waals surface area (Å²) >= 11 is 0. The van der Waals surface area contributed by atoms with Crippen LogP contribution in [0.5, 0.6) is 5.75 Å². The topological polar surface area (TPSA) is 78.3 Å². The quantitative estimate of drug-likeness (QED) is 0.622. The van der Waals surface area contributed by atoms with E-state index in [0.717, 1.165) is 16.3 Å². The molecule has 4 rings (SSSR count). The van der Waals surface area contributed by atoms with Crippen LogP contribution in [0.4, 0.5) is 5.82 Å². The second kappa shape index (κ2) is 6.57. The van der Waals surface area contributed by atoms with E-state index in [2.05, 4.69) is 27.4 Å². The normalized spacial score (nSPS) is 21.2. The molecule has 0 atom stereocenters. The molecule has 0 aliphatic heterocycles. The molecule has 0 saturated heterocycles. The maximum atomic E-state index is 10.5. The SMILES string of the molecule is CC#Cc1ccc(-c2nnc(NC3CC(C)(O)C3)c3ccccc23)c(O)c1. The van der Waals surface area contributed by atoms with E-state index in [4.69, 9.17) is 0 Å². The Morgan fingerprint density at radius 3 is 2.52 bits per heavy atom. The van der Waals surface area contributed by atoms with Gasteiger partial charge >= 0.3 is 0 Å². The molecule has 136 valence electrons. The van der Waals surface area contributed by atoms with Gasteiger partial charge in [0, 0.05) is 27.9 Å². The number of phenolic OH excluding ortho intramolecular Hbond substituents is 1. The number of rotatable bonds is 3. The van der Waals surface area contributed by atoms with Gasteiger partial charge in [0.05, 0.1) is 5.60 Å². The minimum absolute atomic E-state index is 0.130. The molecule has 0 amide bonds. The molecule has 1 aromatic heterocycles. The van der Waals surface area contributed by atoms with Crippen LogP contribution in [0.2, 0.25) is 0 Å². The zero-order chi connectivity index (χ0) is 19.0. The van der Waals surface area contributed by atoms with Crippen molar-refractivity contribution in [3.63, 3.8) is 0 Å². The number of hydrogen-bond donors (Lipinski definition) is 3. The summed E-state index contributed by atoms with van der Waals surface area (Å²) in [5, 5.41) is 34.4. The molecular formula is C22H21N3O2. The molecule has 1 aliphatic rings. The van der Waals surface area contributed by atoms with Crippen molar-refractivity contribution < 1.29 is 10.2 Å². The lowest BCUT2D eigenvalue weighted by Gasteiger charge is -2.41. The number of anilines is 1. The molecule has 3 aromatic rings. The zero-order valence-corrected chi connectivity index (χ0v) is 15.3. The van der Waals surface area contributed by atoms with Crippen LogP contribution in [0.3, 0.4) is 0 Å². The number of hydrogen-bond acceptors (Lipinski definition) is 5. The Kier molecular flexibility index (Phi) is 4.21. The molecule has 1 heterocycles. The van der Waals surface area contributed by atoms with Gasteiger partial charge in [-0.2, -0.15) is 0 Å². The van der Waals surface area contributed by atoms with Crippen LogP contribution in [0.25, 0.3) is 22.0 Å². The third-order valence-corrected chi connectivity index (χ3v) is 4.92. The van der Waals surface area contributed by atoms with E-state index in [1.807, 2.05) is 43.3 Å². The Morgan fingerprint density at radius 1 is 1.11 bits per heavy atom. The van der Waals surface area contributed by atoms with Crippen molar-refractivity contribution in [1.29, 1.82) is 0 Å². The smallest absolute Gasteiger partial charge is 0.156 e. The van der Waals surface area contributed by atoms with Crippen molar-refractivity contribution in [2.24, 2.45) is 0 Å². The minimum Gasteiger partial charge on any atom is -0.507 e. The number of nitrogens with zero attached hydrogens (tertiary/aromatic N) is 2. The van der Waals surface area contributed by atoms with Gasteiger partial charge in [0.1, 0.15) is 11.4 Å². The molecule has 1 fully saturated rings. The van der Waals surface area contributed by atoms with E-state index >= 15 is 0 Å². The highest BCUT2D eigenvalue weighted by Gasteiger charge is 2.38. The second-order valence-electron chi connectivity index (χ2n) is 7.30. The van der Waals surface area contributed by atoms with Gasteiger partial charge in [-0.3, -0.25) is 0 Å². The molecule has 0 radical (unpaired) electrons. The average Bonchev–Trinajstić information content (AvgIpc) is 2.61. The molecule has 5 nitrogen and oxygen atoms in total. The first kappa shape index (κ1) is 17.3. The number of fused-ring (bicyclic) bond motifs is 1. The Balaban J connectivity index is 1.75. The number of aromatic nitrogens is 2. The van der Waals surface area contributed by atoms with Crippen LogP contribution in [0.1, 0.15) is 32.3 Å². The highest BCUT2D eigenvalue weighted by Crippen LogP contribution is 2.37. The summed E-state index contributed by atoms with van der Waals surface area (Å²) in [6.07, 6.45) is 1.37. The lowest BCUT2D eigenvalue weighted by atomic mass is 9.77. The molecule has 0 bridgehead atoms. The highest BCUT2D eigenvalue weighted by atomic mass is 16.3. The van der Waals surface area contributed by atoms with Gasteiger partial charge in [0.25, 0.3) is 0 Å². The summed E-state index contributed by atoms with van der Waals surface area (Å²) in [7, 11) is 0. The molecule has 0 spiro atoms. The largest absolute Gasteiger partial charge is 0.507 e. The standard InChI is InChI=1S/C22H21N3O2/c1-3-6-14-9-10-18(19(26)11-14)20-16-7-4-5-8-17(16)21(25-24-20)23-15-12-22(2,27)13-15/h4-5,7-11,15,26-27H,12-13H2,1-2H3,(H,23,25). The van der Waals surface area contributed by atoms with E-state index in [0.29, 0.717) is 29.9 Å². The fraction of sp³-hybridized carbons (Fsp3) is 0.273. The Morgan fingerprint density at radius 2 is 1.85 bits per heavy atom. The van der Waals surface area contributed by atoms with Crippen molar-refractivity contribution in [2.75, 3.05) is 5.32 Å². The maximum Gasteiger partial charge on any atom is 0.156 e. The van der Waals surface area contributed by atoms with Crippen molar-refractivity contribution in [3.05, 3.63) is 48.0 Å². The van der Waals surface area contributed by atoms with E-state index in [-0.39, 0.29) is 11.8 Å². The molecule has 27 heavy (non-hydrogen) atoms. The van der Waals surface area contributed by atoms with Crippen molar-refractivity contribution >= 4 is 16.6 Å².